The molecule has 1 saturated heterocycles. The highest BCUT2D eigenvalue weighted by Gasteiger charge is 2.67. The van der Waals surface area contributed by atoms with Crippen LogP contribution in [0, 0.1) is 29.7 Å². The molecule has 13 nitrogen and oxygen atoms in total. The van der Waals surface area contributed by atoms with E-state index in [-0.39, 0.29) is 60.4 Å². The molecule has 2 aliphatic heterocycles. The van der Waals surface area contributed by atoms with E-state index >= 15 is 0 Å². The number of nitrogens with one attached hydrogen (secondary N) is 2. The number of fused-ring (bicyclic) bond motifs is 1. The zero-order valence-electron chi connectivity index (χ0n) is 41.4. The first-order chi connectivity index (χ1) is 32.6. The molecule has 0 radical (unpaired) electrons. The van der Waals surface area contributed by atoms with Crippen molar-refractivity contribution in [3.8, 4) is 16.2 Å². The molecule has 4 amide bonds. The summed E-state index contributed by atoms with van der Waals surface area (Å²) in [5.74, 6) is -0.544. The molecule has 1 aromatic heterocycles. The summed E-state index contributed by atoms with van der Waals surface area (Å²) < 4.78 is 12.2. The highest BCUT2D eigenvalue weighted by Crippen LogP contribution is 2.59. The van der Waals surface area contributed by atoms with Crippen molar-refractivity contribution in [1.29, 1.82) is 0 Å². The fourth-order valence-corrected chi connectivity index (χ4v) is 12.1. The number of halogens is 1. The second kappa shape index (κ2) is 20.9. The largest absolute Gasteiger partial charge is 0.489 e. The number of rotatable bonds is 18. The quantitative estimate of drug-likeness (QED) is 0.0658. The minimum Gasteiger partial charge on any atom is -0.489 e. The molecule has 1 unspecified atom stereocenters. The lowest BCUT2D eigenvalue weighted by atomic mass is 9.49. The summed E-state index contributed by atoms with van der Waals surface area (Å²) in [5, 5.41) is 16.9. The van der Waals surface area contributed by atoms with Gasteiger partial charge < -0.3 is 35.0 Å². The van der Waals surface area contributed by atoms with Crippen LogP contribution in [0.2, 0.25) is 5.02 Å². The number of benzene rings is 3. The lowest BCUT2D eigenvalue weighted by molar-refractivity contribution is -0.199. The molecule has 0 bridgehead atoms. The summed E-state index contributed by atoms with van der Waals surface area (Å²) in [7, 11) is 0. The fraction of sp³-hybridized carbons (Fsp3) is 0.519. The molecule has 2 fully saturated rings. The van der Waals surface area contributed by atoms with Crippen molar-refractivity contribution in [2.75, 3.05) is 19.8 Å². The summed E-state index contributed by atoms with van der Waals surface area (Å²) in [4.78, 5) is 67.1. The van der Waals surface area contributed by atoms with Gasteiger partial charge in [-0.15, -0.1) is 11.3 Å². The van der Waals surface area contributed by atoms with Crippen LogP contribution in [0.4, 0.5) is 5.69 Å². The number of nitrogens with zero attached hydrogens (tertiary/aromatic N) is 4. The van der Waals surface area contributed by atoms with Crippen molar-refractivity contribution in [3.05, 3.63) is 111 Å². The topological polar surface area (TPSA) is 155 Å². The maximum atomic E-state index is 14.1. The molecule has 3 N–H and O–H groups in total. The van der Waals surface area contributed by atoms with E-state index in [9.17, 15) is 24.3 Å². The van der Waals surface area contributed by atoms with Crippen LogP contribution < -0.4 is 15.4 Å². The molecule has 4 aromatic rings. The average molecular weight is 980 g/mol. The molecule has 7 rings (SSSR count). The standard InChI is InChI=1S/C54H67ClN6O7S/c1-32(35-17-19-36(20-18-35)45-33(2)57-31-69-45)58-47(64)43-26-38(62)29-60(43)49(66)46(52(3,4)5)59-44(63)30-67-24-14-12-11-13-15-34-16-22-40-37(25-34)28-61(48(40)65)50-53(6,7)51(54(50,8)9)68-39-21-23-42(56-10)41(55)27-39/h16-23,25,27,31-32,38,43,46,50-51,62H,11-15,24,26,28-30H2,1-9H3,(H,58,64)(H,59,63)/t32-,38+,43-,46?,50?,51?/m0/s1. The fourth-order valence-electron chi connectivity index (χ4n) is 11.0. The number of aromatic nitrogens is 1. The first-order valence-corrected chi connectivity index (χ1v) is 25.3. The van der Waals surface area contributed by atoms with Crippen molar-refractivity contribution in [2.45, 2.75) is 144 Å². The lowest BCUT2D eigenvalue weighted by Crippen LogP contribution is -2.74. The molecular weight excluding hydrogens is 912 g/mol. The molecule has 1 saturated carbocycles. The summed E-state index contributed by atoms with van der Waals surface area (Å²) in [6.07, 6.45) is 3.59. The van der Waals surface area contributed by atoms with Gasteiger partial charge in [-0.25, -0.2) is 9.83 Å². The molecule has 4 atom stereocenters. The second-order valence-corrected chi connectivity index (χ2v) is 22.6. The molecule has 3 aromatic carbocycles. The Morgan fingerprint density at radius 1 is 1.00 bits per heavy atom. The number of aliphatic hydroxyl groups is 1. The Bertz CT molecular complexity index is 2570. The van der Waals surface area contributed by atoms with Crippen LogP contribution in [-0.2, 0) is 32.1 Å². The SMILES string of the molecule is [C-]#[N+]c1ccc(OC2C(C)(C)C(N3Cc4cc(CCCCCCOCC(=O)NC(C(=O)N5C[C@H](O)C[C@H]5C(=O)N[C@@H](C)c5ccc(-c6scnc6C)cc5)C(C)(C)C)ccc4C3=O)C2(C)C)cc1Cl. The smallest absolute Gasteiger partial charge is 0.254 e. The summed E-state index contributed by atoms with van der Waals surface area (Å²) in [6, 6.07) is 17.1. The number of β-amino-alcohol motifs (C(OH)–C–C–N with tert-alkyl or cyclic N) is 1. The number of aryl methyl sites for hydroxylation is 2. The van der Waals surface area contributed by atoms with Crippen LogP contribution in [0.25, 0.3) is 15.3 Å². The Hall–Kier alpha value is -5.33. The molecule has 0 spiro atoms. The number of aliphatic hydroxyl groups excluding tert-OH is 1. The van der Waals surface area contributed by atoms with Gasteiger partial charge in [0.25, 0.3) is 5.91 Å². The minimum absolute atomic E-state index is 0.00697. The maximum Gasteiger partial charge on any atom is 0.254 e. The van der Waals surface area contributed by atoms with Crippen molar-refractivity contribution in [3.63, 3.8) is 0 Å². The third-order valence-electron chi connectivity index (χ3n) is 14.2. The van der Waals surface area contributed by atoms with Crippen LogP contribution in [0.3, 0.4) is 0 Å². The molecular formula is C54H67ClN6O7S. The van der Waals surface area contributed by atoms with Gasteiger partial charge in [-0.3, -0.25) is 19.2 Å². The van der Waals surface area contributed by atoms with Crippen LogP contribution >= 0.6 is 22.9 Å². The molecule has 15 heteroatoms. The zero-order chi connectivity index (χ0) is 50.0. The van der Waals surface area contributed by atoms with Crippen molar-refractivity contribution < 1.29 is 33.8 Å². The number of likely N-dealkylation sites (tertiary alicyclic amines) is 1. The van der Waals surface area contributed by atoms with Gasteiger partial charge in [0.05, 0.1) is 39.8 Å². The summed E-state index contributed by atoms with van der Waals surface area (Å²) in [6.45, 7) is 26.0. The summed E-state index contributed by atoms with van der Waals surface area (Å²) in [5.41, 5.74) is 6.77. The Morgan fingerprint density at radius 3 is 2.36 bits per heavy atom. The Balaban J connectivity index is 0.826. The number of hydrogen-bond acceptors (Lipinski definition) is 9. The Kier molecular flexibility index (Phi) is 15.6. The van der Waals surface area contributed by atoms with Gasteiger partial charge in [-0.2, -0.15) is 0 Å². The number of ether oxygens (including phenoxy) is 2. The first kappa shape index (κ1) is 51.5. The van der Waals surface area contributed by atoms with Crippen molar-refractivity contribution >= 4 is 52.3 Å². The number of unbranched alkanes of at least 4 members (excludes halogenated alkanes) is 3. The summed E-state index contributed by atoms with van der Waals surface area (Å²) >= 11 is 7.88. The third-order valence-corrected chi connectivity index (χ3v) is 15.4. The Morgan fingerprint density at radius 2 is 1.71 bits per heavy atom. The van der Waals surface area contributed by atoms with Crippen LogP contribution in [0.5, 0.6) is 5.75 Å². The monoisotopic (exact) mass is 978 g/mol. The maximum absolute atomic E-state index is 14.1. The molecule has 1 aliphatic carbocycles. The highest BCUT2D eigenvalue weighted by molar-refractivity contribution is 7.13. The zero-order valence-corrected chi connectivity index (χ0v) is 42.9. The molecule has 3 heterocycles. The van der Waals surface area contributed by atoms with Gasteiger partial charge in [0, 0.05) is 48.6 Å². The first-order valence-electron chi connectivity index (χ1n) is 24.0. The lowest BCUT2D eigenvalue weighted by Gasteiger charge is -2.65. The number of carbonyl (C=O) groups excluding carboxylic acids is 4. The van der Waals surface area contributed by atoms with E-state index in [1.165, 1.54) is 10.5 Å². The Labute approximate surface area is 416 Å². The van der Waals surface area contributed by atoms with Gasteiger partial charge in [0.1, 0.15) is 30.5 Å². The molecule has 368 valence electrons. The normalized spacial score (nSPS) is 21.2. The molecule has 3 aliphatic rings. The van der Waals surface area contributed by atoms with E-state index in [0.717, 1.165) is 64.9 Å². The van der Waals surface area contributed by atoms with Gasteiger partial charge in [-0.1, -0.05) is 115 Å². The van der Waals surface area contributed by atoms with E-state index < -0.39 is 35.4 Å². The molecule has 69 heavy (non-hydrogen) atoms. The highest BCUT2D eigenvalue weighted by atomic mass is 35.5. The van der Waals surface area contributed by atoms with Crippen LogP contribution in [-0.4, -0.2) is 93.6 Å². The minimum atomic E-state index is -0.944. The van der Waals surface area contributed by atoms with E-state index in [0.29, 0.717) is 29.6 Å². The third kappa shape index (κ3) is 11.2. The van der Waals surface area contributed by atoms with Gasteiger partial charge in [0.2, 0.25) is 23.4 Å². The van der Waals surface area contributed by atoms with Gasteiger partial charge >= 0.3 is 0 Å². The van der Waals surface area contributed by atoms with E-state index in [2.05, 4.69) is 60.3 Å². The van der Waals surface area contributed by atoms with E-state index in [4.69, 9.17) is 27.6 Å². The van der Waals surface area contributed by atoms with Crippen LogP contribution in [0.1, 0.15) is 126 Å². The number of thiazole rings is 1. The van der Waals surface area contributed by atoms with E-state index in [1.807, 2.05) is 75.4 Å². The van der Waals surface area contributed by atoms with Crippen molar-refractivity contribution in [2.24, 2.45) is 16.2 Å². The van der Waals surface area contributed by atoms with Gasteiger partial charge in [-0.05, 0) is 79.0 Å². The van der Waals surface area contributed by atoms with Crippen LogP contribution in [0.15, 0.2) is 66.2 Å². The number of carbonyl (C=O) groups is 4. The van der Waals surface area contributed by atoms with Gasteiger partial charge in [0.15, 0.2) is 0 Å². The average Bonchev–Trinajstić information content (AvgIpc) is 4.00. The second-order valence-electron chi connectivity index (χ2n) is 21.3. The number of hydrogen-bond donors (Lipinski definition) is 3. The predicted molar refractivity (Wildman–Crippen MR) is 269 cm³/mol. The predicted octanol–water partition coefficient (Wildman–Crippen LogP) is 9.65. The number of amides is 4. The van der Waals surface area contributed by atoms with E-state index in [1.54, 1.807) is 29.5 Å². The van der Waals surface area contributed by atoms with Crippen molar-refractivity contribution in [1.82, 2.24) is 25.4 Å².